The monoisotopic (exact) mass is 474 g/mol. The first-order valence-electron chi connectivity index (χ1n) is 12.8. The largest absolute Gasteiger partial charge is 0.872 e. The second-order valence-electron chi connectivity index (χ2n) is 11.1. The Hall–Kier alpha value is -3.66. The fourth-order valence-corrected chi connectivity index (χ4v) is 6.62. The fraction of sp³-hybridized carbons (Fsp3) is 0.312. The van der Waals surface area contributed by atoms with Crippen molar-refractivity contribution in [2.45, 2.75) is 38.6 Å². The van der Waals surface area contributed by atoms with Crippen LogP contribution in [0, 0.1) is 17.3 Å². The lowest BCUT2D eigenvalue weighted by Gasteiger charge is -2.63. The second kappa shape index (κ2) is 8.48. The van der Waals surface area contributed by atoms with Crippen molar-refractivity contribution in [3.05, 3.63) is 83.9 Å². The Morgan fingerprint density at radius 3 is 1.97 bits per heavy atom. The van der Waals surface area contributed by atoms with Gasteiger partial charge in [-0.1, -0.05) is 98.1 Å². The van der Waals surface area contributed by atoms with Crippen molar-refractivity contribution < 1.29 is 10.2 Å². The standard InChI is InChI=1S/C32H32N2O2/c1-31(2)25-15-16-32(28(31)17-25,34-19-24-14-12-22-8-4-6-10-27(22)30(24)36)20-33-18-23-13-11-21-7-3-5-9-26(21)29(23)35/h3-14,18-19,25,28,35-36H,15-17,20H2,1-2H3/p-2/t25-,28+,32+/m0/s1. The van der Waals surface area contributed by atoms with Crippen LogP contribution < -0.4 is 10.2 Å². The number of hydrogen-bond donors (Lipinski definition) is 0. The zero-order valence-corrected chi connectivity index (χ0v) is 20.8. The van der Waals surface area contributed by atoms with E-state index in [0.717, 1.165) is 41.3 Å². The van der Waals surface area contributed by atoms with Gasteiger partial charge >= 0.3 is 0 Å². The van der Waals surface area contributed by atoms with Crippen molar-refractivity contribution in [3.8, 4) is 11.5 Å². The van der Waals surface area contributed by atoms with E-state index in [1.165, 1.54) is 0 Å². The van der Waals surface area contributed by atoms with Gasteiger partial charge in [0.25, 0.3) is 0 Å². The van der Waals surface area contributed by atoms with Crippen molar-refractivity contribution >= 4 is 34.0 Å². The molecule has 3 fully saturated rings. The van der Waals surface area contributed by atoms with E-state index >= 15 is 0 Å². The van der Waals surface area contributed by atoms with Gasteiger partial charge in [-0.2, -0.15) is 0 Å². The van der Waals surface area contributed by atoms with Crippen LogP contribution in [-0.2, 0) is 0 Å². The van der Waals surface area contributed by atoms with Gasteiger partial charge in [0.1, 0.15) is 0 Å². The molecule has 2 bridgehead atoms. The Kier molecular flexibility index (Phi) is 5.36. The van der Waals surface area contributed by atoms with Crippen molar-refractivity contribution in [3.63, 3.8) is 0 Å². The molecule has 182 valence electrons. The van der Waals surface area contributed by atoms with Crippen LogP contribution in [-0.4, -0.2) is 24.5 Å². The van der Waals surface area contributed by atoms with Crippen molar-refractivity contribution in [2.24, 2.45) is 27.2 Å². The van der Waals surface area contributed by atoms with E-state index in [1.807, 2.05) is 72.8 Å². The first-order chi connectivity index (χ1) is 17.4. The van der Waals surface area contributed by atoms with E-state index in [-0.39, 0.29) is 22.5 Å². The molecule has 0 aromatic heterocycles. The second-order valence-corrected chi connectivity index (χ2v) is 11.1. The highest BCUT2D eigenvalue weighted by Crippen LogP contribution is 2.64. The van der Waals surface area contributed by atoms with Crippen LogP contribution in [0.3, 0.4) is 0 Å². The van der Waals surface area contributed by atoms with E-state index < -0.39 is 0 Å². The minimum atomic E-state index is -0.368. The third-order valence-electron chi connectivity index (χ3n) is 8.92. The molecule has 0 amide bonds. The van der Waals surface area contributed by atoms with Gasteiger partial charge in [-0.15, -0.1) is 0 Å². The van der Waals surface area contributed by atoms with Gasteiger partial charge in [0.15, 0.2) is 0 Å². The van der Waals surface area contributed by atoms with E-state index in [4.69, 9.17) is 9.98 Å². The first-order valence-corrected chi connectivity index (χ1v) is 12.8. The summed E-state index contributed by atoms with van der Waals surface area (Å²) in [5.74, 6) is 1.15. The number of benzene rings is 4. The average molecular weight is 475 g/mol. The molecule has 0 radical (unpaired) electrons. The molecule has 3 atom stereocenters. The Morgan fingerprint density at radius 2 is 1.39 bits per heavy atom. The maximum Gasteiger partial charge on any atom is 0.0835 e. The summed E-state index contributed by atoms with van der Waals surface area (Å²) in [6, 6.07) is 23.0. The summed E-state index contributed by atoms with van der Waals surface area (Å²) in [6.45, 7) is 5.19. The molecule has 0 spiro atoms. The number of hydrogen-bond acceptors (Lipinski definition) is 4. The molecule has 3 saturated carbocycles. The van der Waals surface area contributed by atoms with Crippen LogP contribution in [0.5, 0.6) is 11.5 Å². The van der Waals surface area contributed by atoms with Gasteiger partial charge in [-0.3, -0.25) is 9.98 Å². The summed E-state index contributed by atoms with van der Waals surface area (Å²) in [4.78, 5) is 9.97. The van der Waals surface area contributed by atoms with Crippen LogP contribution in [0.15, 0.2) is 82.8 Å². The zero-order chi connectivity index (χ0) is 24.9. The van der Waals surface area contributed by atoms with Crippen molar-refractivity contribution in [1.29, 1.82) is 0 Å². The summed E-state index contributed by atoms with van der Waals surface area (Å²) in [7, 11) is 0. The number of nitrogens with zero attached hydrogens (tertiary/aromatic N) is 2. The van der Waals surface area contributed by atoms with E-state index in [2.05, 4.69) is 13.8 Å². The highest BCUT2D eigenvalue weighted by atomic mass is 16.3. The SMILES string of the molecule is CC1(C)[C@H]2CC[C@](CN=Cc3ccc4ccccc4c3[O-])(N=Cc3ccc4ccccc4c3[O-])[C@@H]1C2. The molecule has 3 aliphatic rings. The van der Waals surface area contributed by atoms with Crippen LogP contribution in [0.2, 0.25) is 0 Å². The molecule has 7 rings (SSSR count). The van der Waals surface area contributed by atoms with Gasteiger partial charge < -0.3 is 10.2 Å². The Bertz CT molecular complexity index is 1520. The highest BCUT2D eigenvalue weighted by Gasteiger charge is 2.61. The zero-order valence-electron chi connectivity index (χ0n) is 20.8. The van der Waals surface area contributed by atoms with Gasteiger partial charge in [0.2, 0.25) is 0 Å². The fourth-order valence-electron chi connectivity index (χ4n) is 6.62. The lowest BCUT2D eigenvalue weighted by molar-refractivity contribution is -0.266. The molecule has 0 aliphatic heterocycles. The van der Waals surface area contributed by atoms with E-state index in [0.29, 0.717) is 29.0 Å². The van der Waals surface area contributed by atoms with Gasteiger partial charge in [-0.05, 0) is 69.2 Å². The summed E-state index contributed by atoms with van der Waals surface area (Å²) >= 11 is 0. The maximum atomic E-state index is 13.1. The van der Waals surface area contributed by atoms with Crippen LogP contribution in [0.4, 0.5) is 0 Å². The molecular formula is C32H30N2O2-2. The predicted molar refractivity (Wildman–Crippen MR) is 144 cm³/mol. The maximum absolute atomic E-state index is 13.1. The van der Waals surface area contributed by atoms with Crippen LogP contribution >= 0.6 is 0 Å². The molecule has 0 heterocycles. The normalized spacial score (nSPS) is 25.1. The molecule has 4 aromatic rings. The lowest BCUT2D eigenvalue weighted by atomic mass is 9.43. The smallest absolute Gasteiger partial charge is 0.0835 e. The summed E-state index contributed by atoms with van der Waals surface area (Å²) in [6.07, 6.45) is 6.71. The predicted octanol–water partition coefficient (Wildman–Crippen LogP) is 5.87. The molecule has 0 saturated heterocycles. The molecule has 36 heavy (non-hydrogen) atoms. The van der Waals surface area contributed by atoms with Crippen molar-refractivity contribution in [2.75, 3.05) is 6.54 Å². The molecule has 4 aromatic carbocycles. The van der Waals surface area contributed by atoms with Crippen molar-refractivity contribution in [1.82, 2.24) is 0 Å². The molecular weight excluding hydrogens is 444 g/mol. The quantitative estimate of drug-likeness (QED) is 0.339. The molecule has 4 heteroatoms. The molecule has 0 unspecified atom stereocenters. The Morgan fingerprint density at radius 1 is 0.806 bits per heavy atom. The molecule has 0 N–H and O–H groups in total. The topological polar surface area (TPSA) is 70.8 Å². The van der Waals surface area contributed by atoms with Crippen LogP contribution in [0.25, 0.3) is 21.5 Å². The number of fused-ring (bicyclic) bond motifs is 4. The summed E-state index contributed by atoms with van der Waals surface area (Å²) < 4.78 is 0. The lowest BCUT2D eigenvalue weighted by Crippen LogP contribution is -2.61. The van der Waals surface area contributed by atoms with E-state index in [9.17, 15) is 10.2 Å². The number of rotatable bonds is 5. The van der Waals surface area contributed by atoms with Crippen LogP contribution in [0.1, 0.15) is 44.2 Å². The first kappa shape index (κ1) is 22.8. The average Bonchev–Trinajstić information content (AvgIpc) is 2.90. The molecule has 4 nitrogen and oxygen atoms in total. The highest BCUT2D eigenvalue weighted by molar-refractivity contribution is 5.97. The minimum absolute atomic E-state index is 0.00856. The Labute approximate surface area is 212 Å². The minimum Gasteiger partial charge on any atom is -0.872 e. The Balaban J connectivity index is 1.34. The summed E-state index contributed by atoms with van der Waals surface area (Å²) in [5, 5.41) is 29.4. The van der Waals surface area contributed by atoms with Gasteiger partial charge in [-0.25, -0.2) is 0 Å². The third kappa shape index (κ3) is 3.59. The summed E-state index contributed by atoms with van der Waals surface area (Å²) in [5.41, 5.74) is 1.05. The van der Waals surface area contributed by atoms with E-state index in [1.54, 1.807) is 12.4 Å². The third-order valence-corrected chi connectivity index (χ3v) is 8.92. The number of aliphatic imine (C=N–C) groups is 2. The van der Waals surface area contributed by atoms with Gasteiger partial charge in [0, 0.05) is 12.4 Å². The van der Waals surface area contributed by atoms with Gasteiger partial charge in [0.05, 0.1) is 12.1 Å². The molecule has 3 aliphatic carbocycles.